The smallest absolute Gasteiger partial charge is 0.0465 e. The van der Waals surface area contributed by atoms with Gasteiger partial charge in [0, 0.05) is 22.5 Å². The number of fused-ring (bicyclic) bond motifs is 6. The molecule has 1 nitrogen and oxygen atoms in total. The van der Waals surface area contributed by atoms with Crippen molar-refractivity contribution in [1.29, 1.82) is 0 Å². The molecule has 4 aliphatic rings. The number of hydrogen-bond acceptors (Lipinski definition) is 1. The van der Waals surface area contributed by atoms with Crippen LogP contribution in [0, 0.1) is 11.8 Å². The first-order valence-electron chi connectivity index (χ1n) is 21.9. The maximum atomic E-state index is 2.48. The minimum atomic E-state index is -0.147. The second kappa shape index (κ2) is 13.9. The Kier molecular flexibility index (Phi) is 8.50. The summed E-state index contributed by atoms with van der Waals surface area (Å²) < 4.78 is 0. The van der Waals surface area contributed by atoms with Crippen molar-refractivity contribution in [2.75, 3.05) is 4.90 Å². The molecule has 3 saturated carbocycles. The Hall–Kier alpha value is -5.40. The monoisotopic (exact) mass is 739 g/mol. The summed E-state index contributed by atoms with van der Waals surface area (Å²) in [5.74, 6) is 3.34. The normalized spacial score (nSPS) is 20.8. The maximum absolute atomic E-state index is 2.48. The minimum absolute atomic E-state index is 0.147. The van der Waals surface area contributed by atoms with Crippen molar-refractivity contribution in [2.45, 2.75) is 88.9 Å². The molecule has 11 rings (SSSR count). The molecule has 0 amide bonds. The number of hydrogen-bond donors (Lipinski definition) is 0. The Morgan fingerprint density at radius 2 is 1.09 bits per heavy atom. The molecule has 0 aromatic heterocycles. The number of rotatable bonds is 7. The highest BCUT2D eigenvalue weighted by Gasteiger charge is 2.40. The van der Waals surface area contributed by atoms with Gasteiger partial charge in [-0.15, -0.1) is 0 Å². The maximum Gasteiger partial charge on any atom is 0.0465 e. The van der Waals surface area contributed by atoms with Crippen molar-refractivity contribution in [3.05, 3.63) is 174 Å². The summed E-state index contributed by atoms with van der Waals surface area (Å²) in [5, 5.41) is 2.59. The molecule has 3 unspecified atom stereocenters. The Balaban J connectivity index is 0.945. The molecule has 2 bridgehead atoms. The van der Waals surface area contributed by atoms with Crippen molar-refractivity contribution in [2.24, 2.45) is 11.8 Å². The van der Waals surface area contributed by atoms with Crippen LogP contribution in [-0.4, -0.2) is 0 Å². The van der Waals surface area contributed by atoms with E-state index in [9.17, 15) is 0 Å². The number of benzene rings is 7. The third-order valence-corrected chi connectivity index (χ3v) is 14.8. The standard InChI is InChI=1S/C56H53N/c1-56(2)54-35-45(50-14-8-12-42-11-6-7-13-49(42)50)25-31-51(54)52-32-30-48(36-55(52)56)57(46-26-21-40(22-27-46)38-9-4-3-5-10-38)47-28-23-41(24-29-47)39-17-19-43(20-18-39)53-34-37-15-16-44(53)33-37/h6-8,11-14,17-32,35-38,44,53H,3-5,9-10,15-16,33-34H2,1-2H3. The van der Waals surface area contributed by atoms with Crippen molar-refractivity contribution in [3.63, 3.8) is 0 Å². The molecular weight excluding hydrogens is 687 g/mol. The van der Waals surface area contributed by atoms with Crippen LogP contribution >= 0.6 is 0 Å². The van der Waals surface area contributed by atoms with E-state index < -0.39 is 0 Å². The average Bonchev–Trinajstić information content (AvgIpc) is 3.97. The quantitative estimate of drug-likeness (QED) is 0.157. The fraction of sp³-hybridized carbons (Fsp3) is 0.286. The van der Waals surface area contributed by atoms with E-state index in [1.165, 1.54) is 136 Å². The fourth-order valence-electron chi connectivity index (χ4n) is 11.7. The van der Waals surface area contributed by atoms with Crippen molar-refractivity contribution in [3.8, 4) is 33.4 Å². The molecule has 0 radical (unpaired) electrons. The lowest BCUT2D eigenvalue weighted by molar-refractivity contribution is 0.420. The van der Waals surface area contributed by atoms with E-state index in [1.54, 1.807) is 5.56 Å². The third-order valence-electron chi connectivity index (χ3n) is 14.8. The average molecular weight is 740 g/mol. The molecule has 0 aliphatic heterocycles. The molecule has 4 aliphatic carbocycles. The molecule has 0 spiro atoms. The SMILES string of the molecule is CC1(C)c2cc(-c3cccc4ccccc34)ccc2-c2ccc(N(c3ccc(-c4ccc(C5CC6CCC5C6)cc4)cc3)c3ccc(C4CCCCC4)cc3)cc21. The van der Waals surface area contributed by atoms with E-state index in [-0.39, 0.29) is 5.41 Å². The molecule has 3 atom stereocenters. The van der Waals surface area contributed by atoms with Gasteiger partial charge in [0.2, 0.25) is 0 Å². The molecule has 7 aromatic carbocycles. The van der Waals surface area contributed by atoms with Gasteiger partial charge in [-0.25, -0.2) is 0 Å². The second-order valence-electron chi connectivity index (χ2n) is 18.4. The van der Waals surface area contributed by atoms with Crippen LogP contribution in [0.4, 0.5) is 17.1 Å². The lowest BCUT2D eigenvalue weighted by atomic mass is 9.81. The second-order valence-corrected chi connectivity index (χ2v) is 18.4. The van der Waals surface area contributed by atoms with Gasteiger partial charge in [0.1, 0.15) is 0 Å². The first-order valence-corrected chi connectivity index (χ1v) is 21.9. The van der Waals surface area contributed by atoms with Gasteiger partial charge in [0.25, 0.3) is 0 Å². The van der Waals surface area contributed by atoms with Gasteiger partial charge in [-0.2, -0.15) is 0 Å². The number of nitrogens with zero attached hydrogens (tertiary/aromatic N) is 1. The summed E-state index contributed by atoms with van der Waals surface area (Å²) in [6.07, 6.45) is 12.5. The first kappa shape index (κ1) is 34.8. The molecule has 57 heavy (non-hydrogen) atoms. The predicted molar refractivity (Wildman–Crippen MR) is 241 cm³/mol. The van der Waals surface area contributed by atoms with E-state index in [1.807, 2.05) is 0 Å². The van der Waals surface area contributed by atoms with Crippen molar-refractivity contribution < 1.29 is 0 Å². The van der Waals surface area contributed by atoms with Crippen LogP contribution in [0.15, 0.2) is 152 Å². The predicted octanol–water partition coefficient (Wildman–Crippen LogP) is 15.9. The highest BCUT2D eigenvalue weighted by molar-refractivity contribution is 5.98. The lowest BCUT2D eigenvalue weighted by Gasteiger charge is -2.29. The highest BCUT2D eigenvalue weighted by atomic mass is 15.1. The molecule has 282 valence electrons. The number of anilines is 3. The van der Waals surface area contributed by atoms with Gasteiger partial charge in [0.05, 0.1) is 0 Å². The Labute approximate surface area is 339 Å². The molecule has 0 saturated heterocycles. The van der Waals surface area contributed by atoms with Gasteiger partial charge >= 0.3 is 0 Å². The van der Waals surface area contributed by atoms with E-state index in [0.29, 0.717) is 5.92 Å². The zero-order chi connectivity index (χ0) is 38.1. The zero-order valence-electron chi connectivity index (χ0n) is 33.6. The minimum Gasteiger partial charge on any atom is -0.310 e. The van der Waals surface area contributed by atoms with Crippen LogP contribution in [0.25, 0.3) is 44.2 Å². The van der Waals surface area contributed by atoms with Gasteiger partial charge in [-0.05, 0) is 165 Å². The van der Waals surface area contributed by atoms with Crippen molar-refractivity contribution >= 4 is 27.8 Å². The zero-order valence-corrected chi connectivity index (χ0v) is 33.6. The van der Waals surface area contributed by atoms with Gasteiger partial charge in [-0.3, -0.25) is 0 Å². The van der Waals surface area contributed by atoms with E-state index in [0.717, 1.165) is 17.8 Å². The van der Waals surface area contributed by atoms with E-state index >= 15 is 0 Å². The summed E-state index contributed by atoms with van der Waals surface area (Å²) in [4.78, 5) is 2.48. The van der Waals surface area contributed by atoms with Crippen LogP contribution in [0.2, 0.25) is 0 Å². The van der Waals surface area contributed by atoms with Crippen LogP contribution in [0.5, 0.6) is 0 Å². The first-order chi connectivity index (χ1) is 28.0. The van der Waals surface area contributed by atoms with E-state index in [4.69, 9.17) is 0 Å². The molecule has 7 aromatic rings. The van der Waals surface area contributed by atoms with Gasteiger partial charge in [0.15, 0.2) is 0 Å². The van der Waals surface area contributed by atoms with E-state index in [2.05, 4.69) is 170 Å². The summed E-state index contributed by atoms with van der Waals surface area (Å²) in [6.45, 7) is 4.82. The topological polar surface area (TPSA) is 3.24 Å². The molecular formula is C56H53N. The summed E-state index contributed by atoms with van der Waals surface area (Å²) in [5.41, 5.74) is 17.2. The van der Waals surface area contributed by atoms with Crippen LogP contribution < -0.4 is 4.90 Å². The Morgan fingerprint density at radius 3 is 1.81 bits per heavy atom. The molecule has 0 heterocycles. The summed E-state index contributed by atoms with van der Waals surface area (Å²) in [7, 11) is 0. The lowest BCUT2D eigenvalue weighted by Crippen LogP contribution is -2.16. The Morgan fingerprint density at radius 1 is 0.474 bits per heavy atom. The summed E-state index contributed by atoms with van der Waals surface area (Å²) in [6, 6.07) is 58.2. The summed E-state index contributed by atoms with van der Waals surface area (Å²) >= 11 is 0. The van der Waals surface area contributed by atoms with Crippen LogP contribution in [-0.2, 0) is 5.41 Å². The largest absolute Gasteiger partial charge is 0.310 e. The Bertz CT molecular complexity index is 2580. The van der Waals surface area contributed by atoms with Crippen molar-refractivity contribution in [1.82, 2.24) is 0 Å². The molecule has 0 N–H and O–H groups in total. The van der Waals surface area contributed by atoms with Gasteiger partial charge < -0.3 is 4.90 Å². The third kappa shape index (κ3) is 6.05. The van der Waals surface area contributed by atoms with Crippen LogP contribution in [0.1, 0.15) is 106 Å². The molecule has 1 heteroatoms. The van der Waals surface area contributed by atoms with Crippen LogP contribution in [0.3, 0.4) is 0 Å². The highest BCUT2D eigenvalue weighted by Crippen LogP contribution is 2.54. The van der Waals surface area contributed by atoms with Gasteiger partial charge in [-0.1, -0.05) is 149 Å². The molecule has 3 fully saturated rings. The fourth-order valence-corrected chi connectivity index (χ4v) is 11.7.